The van der Waals surface area contributed by atoms with Crippen molar-refractivity contribution in [1.29, 1.82) is 0 Å². The van der Waals surface area contributed by atoms with E-state index in [1.807, 2.05) is 72.7 Å². The lowest BCUT2D eigenvalue weighted by Crippen LogP contribution is -2.61. The van der Waals surface area contributed by atoms with Crippen molar-refractivity contribution in [3.63, 3.8) is 0 Å². The van der Waals surface area contributed by atoms with Gasteiger partial charge in [0.05, 0.1) is 17.8 Å². The predicted molar refractivity (Wildman–Crippen MR) is 216 cm³/mol. The zero-order valence-electron chi connectivity index (χ0n) is 33.2. The van der Waals surface area contributed by atoms with Crippen molar-refractivity contribution in [3.8, 4) is 0 Å². The van der Waals surface area contributed by atoms with E-state index in [0.29, 0.717) is 5.56 Å². The molecule has 286 valence electrons. The van der Waals surface area contributed by atoms with Crippen LogP contribution in [-0.4, -0.2) is 63.3 Å². The summed E-state index contributed by atoms with van der Waals surface area (Å²) in [5.41, 5.74) is 3.71. The molecule has 0 aliphatic heterocycles. The summed E-state index contributed by atoms with van der Waals surface area (Å²) in [6.45, 7) is 17.1. The van der Waals surface area contributed by atoms with E-state index in [-0.39, 0.29) is 29.1 Å². The van der Waals surface area contributed by atoms with Crippen LogP contribution in [0.3, 0.4) is 0 Å². The van der Waals surface area contributed by atoms with Gasteiger partial charge < -0.3 is 15.5 Å². The fraction of sp³-hybridized carbons (Fsp3) is 0.419. The van der Waals surface area contributed by atoms with E-state index in [1.165, 1.54) is 17.4 Å². The summed E-state index contributed by atoms with van der Waals surface area (Å²) < 4.78 is 27.6. The van der Waals surface area contributed by atoms with Crippen molar-refractivity contribution in [3.05, 3.63) is 118 Å². The number of carbonyl (C=O) groups is 3. The molecule has 0 bridgehead atoms. The normalized spacial score (nSPS) is 14.5. The first-order valence-electron chi connectivity index (χ1n) is 18.0. The smallest absolute Gasteiger partial charge is 0.260 e. The highest BCUT2D eigenvalue weighted by Crippen LogP contribution is 2.30. The molecule has 3 amide bonds. The molecule has 9 nitrogen and oxygen atoms in total. The number of sulfonamides is 1. The molecule has 3 aromatic carbocycles. The SMILES string of the molecule is CN[C@H](C(=O)N[C@H](C(=O)N(C)[C@H](/C=C(\C)C(=O)NS(=O)(=O)Cc1ccccc1)C(C)C)C(C)(C)C)C(C)(C)c1ccc(/C=C/c2ccc(C)cc2)cc1. The Bertz CT molecular complexity index is 1880. The van der Waals surface area contributed by atoms with Gasteiger partial charge in [-0.25, -0.2) is 13.1 Å². The first-order valence-corrected chi connectivity index (χ1v) is 19.7. The minimum absolute atomic E-state index is 0.136. The van der Waals surface area contributed by atoms with E-state index < -0.39 is 44.9 Å². The average Bonchev–Trinajstić information content (AvgIpc) is 3.08. The molecule has 0 fully saturated rings. The van der Waals surface area contributed by atoms with Gasteiger partial charge in [0.15, 0.2) is 0 Å². The highest BCUT2D eigenvalue weighted by Gasteiger charge is 2.41. The number of hydrogen-bond donors (Lipinski definition) is 3. The fourth-order valence-corrected chi connectivity index (χ4v) is 7.39. The van der Waals surface area contributed by atoms with Gasteiger partial charge in [-0.2, -0.15) is 0 Å². The second kappa shape index (κ2) is 18.0. The number of nitrogens with one attached hydrogen (secondary N) is 3. The third-order valence-electron chi connectivity index (χ3n) is 9.58. The van der Waals surface area contributed by atoms with Gasteiger partial charge in [0.25, 0.3) is 5.91 Å². The van der Waals surface area contributed by atoms with Crippen LogP contribution in [0.5, 0.6) is 0 Å². The van der Waals surface area contributed by atoms with Gasteiger partial charge in [0, 0.05) is 18.0 Å². The van der Waals surface area contributed by atoms with Crippen LogP contribution in [-0.2, 0) is 35.6 Å². The molecule has 0 spiro atoms. The van der Waals surface area contributed by atoms with Gasteiger partial charge in [-0.1, -0.05) is 151 Å². The van der Waals surface area contributed by atoms with Gasteiger partial charge in [-0.3, -0.25) is 14.4 Å². The van der Waals surface area contributed by atoms with Crippen molar-refractivity contribution in [2.75, 3.05) is 14.1 Å². The Labute approximate surface area is 317 Å². The third-order valence-corrected chi connectivity index (χ3v) is 10.8. The molecule has 10 heteroatoms. The van der Waals surface area contributed by atoms with Crippen molar-refractivity contribution in [2.45, 2.75) is 91.6 Å². The molecule has 0 aliphatic rings. The lowest BCUT2D eigenvalue weighted by Gasteiger charge is -2.40. The van der Waals surface area contributed by atoms with Gasteiger partial charge >= 0.3 is 0 Å². The number of aryl methyl sites for hydroxylation is 1. The molecule has 3 N–H and O–H groups in total. The maximum atomic E-state index is 14.3. The lowest BCUT2D eigenvalue weighted by atomic mass is 9.76. The Balaban J connectivity index is 1.78. The summed E-state index contributed by atoms with van der Waals surface area (Å²) in [6.07, 6.45) is 5.73. The molecule has 3 rings (SSSR count). The molecule has 53 heavy (non-hydrogen) atoms. The summed E-state index contributed by atoms with van der Waals surface area (Å²) in [7, 11) is -0.582. The van der Waals surface area contributed by atoms with E-state index >= 15 is 0 Å². The van der Waals surface area contributed by atoms with E-state index in [2.05, 4.69) is 58.7 Å². The number of benzene rings is 3. The van der Waals surface area contributed by atoms with Crippen molar-refractivity contribution in [1.82, 2.24) is 20.3 Å². The molecule has 0 heterocycles. The van der Waals surface area contributed by atoms with Crippen LogP contribution in [0.15, 0.2) is 90.5 Å². The molecule has 3 aromatic rings. The number of rotatable bonds is 15. The van der Waals surface area contributed by atoms with Gasteiger partial charge in [0.1, 0.15) is 6.04 Å². The lowest BCUT2D eigenvalue weighted by molar-refractivity contribution is -0.140. The number of hydrogen-bond acceptors (Lipinski definition) is 6. The second-order valence-corrected chi connectivity index (χ2v) is 17.5. The minimum atomic E-state index is -3.95. The Morgan fingerprint density at radius 2 is 1.34 bits per heavy atom. The maximum absolute atomic E-state index is 14.3. The van der Waals surface area contributed by atoms with E-state index in [1.54, 1.807) is 50.5 Å². The summed E-state index contributed by atoms with van der Waals surface area (Å²) in [4.78, 5) is 42.9. The van der Waals surface area contributed by atoms with E-state index in [0.717, 1.165) is 16.7 Å². The second-order valence-electron chi connectivity index (χ2n) is 15.8. The molecule has 3 atom stereocenters. The number of carbonyl (C=O) groups excluding carboxylic acids is 3. The summed E-state index contributed by atoms with van der Waals surface area (Å²) in [6, 6.07) is 22.9. The van der Waals surface area contributed by atoms with Crippen LogP contribution in [0.25, 0.3) is 12.2 Å². The highest BCUT2D eigenvalue weighted by molar-refractivity contribution is 7.89. The minimum Gasteiger partial charge on any atom is -0.342 e. The van der Waals surface area contributed by atoms with E-state index in [4.69, 9.17) is 0 Å². The van der Waals surface area contributed by atoms with Crippen LogP contribution in [0.4, 0.5) is 0 Å². The quantitative estimate of drug-likeness (QED) is 0.119. The van der Waals surface area contributed by atoms with Gasteiger partial charge in [-0.05, 0) is 54.5 Å². The van der Waals surface area contributed by atoms with Gasteiger partial charge in [0.2, 0.25) is 21.8 Å². The van der Waals surface area contributed by atoms with Crippen molar-refractivity contribution < 1.29 is 22.8 Å². The molecule has 0 saturated carbocycles. The zero-order valence-corrected chi connectivity index (χ0v) is 34.0. The first kappa shape index (κ1) is 42.9. The van der Waals surface area contributed by atoms with Crippen LogP contribution < -0.4 is 15.4 Å². The van der Waals surface area contributed by atoms with Crippen LogP contribution in [0.2, 0.25) is 0 Å². The Kier molecular flexibility index (Phi) is 14.6. The first-order chi connectivity index (χ1) is 24.7. The largest absolute Gasteiger partial charge is 0.342 e. The number of likely N-dealkylation sites (N-methyl/N-ethyl adjacent to an activating group) is 2. The predicted octanol–water partition coefficient (Wildman–Crippen LogP) is 6.64. The van der Waals surface area contributed by atoms with Crippen LogP contribution in [0.1, 0.15) is 83.2 Å². The number of amides is 3. The Hall–Kier alpha value is -4.54. The van der Waals surface area contributed by atoms with Crippen LogP contribution in [0, 0.1) is 18.3 Å². The highest BCUT2D eigenvalue weighted by atomic mass is 32.2. The van der Waals surface area contributed by atoms with Crippen molar-refractivity contribution >= 4 is 39.9 Å². The fourth-order valence-electron chi connectivity index (χ4n) is 6.24. The topological polar surface area (TPSA) is 125 Å². The average molecular weight is 743 g/mol. The third kappa shape index (κ3) is 12.0. The van der Waals surface area contributed by atoms with Crippen LogP contribution >= 0.6 is 0 Å². The molecule has 0 aliphatic carbocycles. The molecule has 0 saturated heterocycles. The Morgan fingerprint density at radius 1 is 0.811 bits per heavy atom. The summed E-state index contributed by atoms with van der Waals surface area (Å²) in [5, 5.41) is 6.25. The summed E-state index contributed by atoms with van der Waals surface area (Å²) >= 11 is 0. The van der Waals surface area contributed by atoms with E-state index in [9.17, 15) is 22.8 Å². The summed E-state index contributed by atoms with van der Waals surface area (Å²) in [5.74, 6) is -1.89. The molecule has 0 radical (unpaired) electrons. The van der Waals surface area contributed by atoms with Crippen molar-refractivity contribution in [2.24, 2.45) is 11.3 Å². The maximum Gasteiger partial charge on any atom is 0.260 e. The van der Waals surface area contributed by atoms with Gasteiger partial charge in [-0.15, -0.1) is 0 Å². The monoisotopic (exact) mass is 742 g/mol. The Morgan fingerprint density at radius 3 is 1.83 bits per heavy atom. The standard InChI is InChI=1S/C43H58N4O5S/c1-29(2)36(27-31(4)39(48)46-53(51,52)28-34-15-13-12-14-16-34)47(11)41(50)38(42(5,6)7)45-40(49)37(44-10)43(8,9)35-25-23-33(24-26-35)22-21-32-19-17-30(3)18-20-32/h12-27,29,36-38,44H,28H2,1-11H3,(H,45,49)(H,46,48)/b22-21+,31-27+/t36-,37-,38-/m1/s1. The molecule has 0 aromatic heterocycles. The number of nitrogens with zero attached hydrogens (tertiary/aromatic N) is 1. The molecular formula is C43H58N4O5S. The molecular weight excluding hydrogens is 685 g/mol. The molecule has 0 unspecified atom stereocenters. The zero-order chi connectivity index (χ0) is 39.7.